The van der Waals surface area contributed by atoms with Crippen LogP contribution in [0.2, 0.25) is 0 Å². The molecule has 0 aromatic heterocycles. The summed E-state index contributed by atoms with van der Waals surface area (Å²) >= 11 is 9.62. The number of rotatable bonds is 0. The van der Waals surface area contributed by atoms with E-state index >= 15 is 0 Å². The molecule has 32 heavy (non-hydrogen) atoms. The summed E-state index contributed by atoms with van der Waals surface area (Å²) in [4.78, 5) is 1.81. The third-order valence-electron chi connectivity index (χ3n) is 1.49. The molecular weight excluding hydrogens is 805 g/mol. The van der Waals surface area contributed by atoms with E-state index in [1.807, 2.05) is 60.7 Å². The third kappa shape index (κ3) is 104. The Hall–Kier alpha value is -1.88. The van der Waals surface area contributed by atoms with Crippen molar-refractivity contribution in [2.45, 2.75) is 9.79 Å². The Bertz CT molecular complexity index is 572. The topological polar surface area (TPSA) is 159 Å². The molecule has 0 aliphatic carbocycles. The number of hydrogen-bond acceptors (Lipinski definition) is 2. The van der Waals surface area contributed by atoms with Crippen LogP contribution in [-0.2, 0) is 103 Å². The van der Waals surface area contributed by atoms with Crippen molar-refractivity contribution in [3.8, 4) is 0 Å². The van der Waals surface area contributed by atoms with Gasteiger partial charge in [0.2, 0.25) is 0 Å². The standard InChI is InChI=1S/2C6H6S.8CO.2Re/c2*7-6-4-2-1-3-5-6;8*1-2;;/h2*1-5,7H;;;;;;;;;;/p-2. The monoisotopic (exact) mass is 816 g/mol. The zero-order chi connectivity index (χ0) is 26.2. The van der Waals surface area contributed by atoms with Gasteiger partial charge in [-0.15, -0.1) is 0 Å². The minimum Gasteiger partial charge on any atom is -0.780 e. The summed E-state index contributed by atoms with van der Waals surface area (Å²) in [6.07, 6.45) is 0. The van der Waals surface area contributed by atoms with E-state index in [4.69, 9.17) is 62.5 Å². The van der Waals surface area contributed by atoms with Crippen LogP contribution in [0.25, 0.3) is 0 Å². The minimum absolute atomic E-state index is 0. The Balaban J connectivity index is -0.0000000227. The van der Waals surface area contributed by atoms with Crippen molar-refractivity contribution in [2.24, 2.45) is 0 Å². The van der Waals surface area contributed by atoms with Gasteiger partial charge < -0.3 is 25.3 Å². The molecule has 0 unspecified atom stereocenters. The molecule has 0 fully saturated rings. The van der Waals surface area contributed by atoms with Crippen LogP contribution in [0.15, 0.2) is 70.5 Å². The minimum atomic E-state index is 0. The van der Waals surface area contributed by atoms with Crippen LogP contribution in [0.5, 0.6) is 0 Å². The van der Waals surface area contributed by atoms with Crippen LogP contribution in [0.3, 0.4) is 0 Å². The van der Waals surface area contributed by atoms with Crippen LogP contribution in [0, 0.1) is 53.2 Å². The maximum atomic E-state index is 7.50. The van der Waals surface area contributed by atoms with Crippen molar-refractivity contribution < 1.29 is 78.1 Å². The second-order valence-electron chi connectivity index (χ2n) is 2.63. The van der Waals surface area contributed by atoms with Crippen molar-refractivity contribution in [3.63, 3.8) is 0 Å². The fraction of sp³-hybridized carbons (Fsp3) is 0. The summed E-state index contributed by atoms with van der Waals surface area (Å²) < 4.78 is 60.0. The smallest absolute Gasteiger partial charge is 0 e. The van der Waals surface area contributed by atoms with E-state index in [1.54, 1.807) is 0 Å². The van der Waals surface area contributed by atoms with Gasteiger partial charge in [-0.05, 0) is 0 Å². The van der Waals surface area contributed by atoms with Crippen LogP contribution < -0.4 is 0 Å². The van der Waals surface area contributed by atoms with Gasteiger partial charge in [0.25, 0.3) is 0 Å². The molecule has 12 heteroatoms. The van der Waals surface area contributed by atoms with E-state index < -0.39 is 0 Å². The maximum Gasteiger partial charge on any atom is 0 e. The second-order valence-corrected chi connectivity index (χ2v) is 3.57. The Labute approximate surface area is 225 Å². The Kier molecular flexibility index (Phi) is 228. The molecule has 0 bridgehead atoms. The largest absolute Gasteiger partial charge is 0.780 e. The van der Waals surface area contributed by atoms with Gasteiger partial charge in [0.05, 0.1) is 0 Å². The summed E-state index contributed by atoms with van der Waals surface area (Å²) in [6.45, 7) is 36.0. The summed E-state index contributed by atoms with van der Waals surface area (Å²) in [5.41, 5.74) is 0. The average molecular weight is 815 g/mol. The predicted molar refractivity (Wildman–Crippen MR) is 95.6 cm³/mol. The normalized spacial score (nSPS) is 4.25. The van der Waals surface area contributed by atoms with Gasteiger partial charge in [-0.1, -0.05) is 60.7 Å². The first kappa shape index (κ1) is 63.1. The molecule has 166 valence electrons. The maximum absolute atomic E-state index is 7.50. The van der Waals surface area contributed by atoms with E-state index in [2.05, 4.69) is 53.2 Å². The zero-order valence-electron chi connectivity index (χ0n) is 15.6. The molecule has 2 aromatic rings. The molecule has 0 saturated heterocycles. The van der Waals surface area contributed by atoms with Crippen LogP contribution in [-0.4, -0.2) is 0 Å². The molecule has 0 aliphatic heterocycles. The third-order valence-corrected chi connectivity index (χ3v) is 2.03. The van der Waals surface area contributed by atoms with E-state index in [-0.39, 0.29) is 40.8 Å². The van der Waals surface area contributed by atoms with E-state index in [9.17, 15) is 0 Å². The summed E-state index contributed by atoms with van der Waals surface area (Å²) in [6, 6.07) is 19.2. The van der Waals surface area contributed by atoms with Gasteiger partial charge in [0, 0.05) is 40.8 Å². The molecule has 0 spiro atoms. The molecule has 0 amide bonds. The van der Waals surface area contributed by atoms with Gasteiger partial charge in [0.1, 0.15) is 0 Å². The molecule has 2 rings (SSSR count). The van der Waals surface area contributed by atoms with Crippen LogP contribution in [0.4, 0.5) is 0 Å². The Morgan fingerprint density at radius 1 is 0.344 bits per heavy atom. The molecule has 8 nitrogen and oxygen atoms in total. The first-order chi connectivity index (χ1) is 14.8. The van der Waals surface area contributed by atoms with Crippen LogP contribution in [0.1, 0.15) is 0 Å². The molecule has 2 radical (unpaired) electrons. The van der Waals surface area contributed by atoms with E-state index in [0.29, 0.717) is 0 Å². The molecule has 0 atom stereocenters. The van der Waals surface area contributed by atoms with E-state index in [0.717, 1.165) is 9.79 Å². The zero-order valence-corrected chi connectivity index (χ0v) is 22.7. The van der Waals surface area contributed by atoms with Gasteiger partial charge in [-0.2, -0.15) is 9.79 Å². The molecule has 0 aliphatic rings. The Morgan fingerprint density at radius 2 is 0.469 bits per heavy atom. The fourth-order valence-corrected chi connectivity index (χ4v) is 1.16. The van der Waals surface area contributed by atoms with Crippen molar-refractivity contribution in [1.82, 2.24) is 0 Å². The molecule has 0 N–H and O–H groups in total. The summed E-state index contributed by atoms with van der Waals surface area (Å²) in [5, 5.41) is 0. The molecule has 0 heterocycles. The Morgan fingerprint density at radius 3 is 0.531 bits per heavy atom. The first-order valence-electron chi connectivity index (χ1n) is 5.86. The van der Waals surface area contributed by atoms with Crippen molar-refractivity contribution >= 4 is 25.3 Å². The van der Waals surface area contributed by atoms with Crippen molar-refractivity contribution in [3.05, 3.63) is 114 Å². The number of benzene rings is 2. The quantitative estimate of drug-likeness (QED) is 0.228. The molecule has 2 aromatic carbocycles. The van der Waals surface area contributed by atoms with Crippen molar-refractivity contribution in [1.29, 1.82) is 0 Å². The molecule has 0 saturated carbocycles. The van der Waals surface area contributed by atoms with Crippen LogP contribution >= 0.6 is 0 Å². The number of hydrogen-bond donors (Lipinski definition) is 0. The average Bonchev–Trinajstić information content (AvgIpc) is 2.90. The SMILES string of the molecule is [C-]#[O+].[C-]#[O+].[C-]#[O+].[C-]#[O+].[C-]#[O+].[C-]#[O+].[C-]#[O+].[C-]#[O+].[Re].[Re].[S-]c1ccccc1.[S-]c1ccccc1. The van der Waals surface area contributed by atoms with Gasteiger partial charge in [0.15, 0.2) is 0 Å². The summed E-state index contributed by atoms with van der Waals surface area (Å²) in [5.74, 6) is 0. The van der Waals surface area contributed by atoms with Gasteiger partial charge in [-0.25, -0.2) is 0 Å². The van der Waals surface area contributed by atoms with Crippen molar-refractivity contribution in [2.75, 3.05) is 0 Å². The predicted octanol–water partition coefficient (Wildman–Crippen LogP) is 2.88. The van der Waals surface area contributed by atoms with E-state index in [1.165, 1.54) is 0 Å². The van der Waals surface area contributed by atoms with Gasteiger partial charge in [-0.3, -0.25) is 0 Å². The first-order valence-corrected chi connectivity index (χ1v) is 6.68. The second kappa shape index (κ2) is 115. The fourth-order valence-electron chi connectivity index (χ4n) is 0.841. The van der Waals surface area contributed by atoms with Gasteiger partial charge >= 0.3 is 90.4 Å². The summed E-state index contributed by atoms with van der Waals surface area (Å²) in [7, 11) is 0. The molecular formula is C20H10O8Re2S2-2.